The average Bonchev–Trinajstić information content (AvgIpc) is 0.847. The van der Waals surface area contributed by atoms with Gasteiger partial charge in [-0.05, 0) is 114 Å². The minimum atomic E-state index is -1.18. The van der Waals surface area contributed by atoms with Crippen LogP contribution in [-0.4, -0.2) is 159 Å². The summed E-state index contributed by atoms with van der Waals surface area (Å²) in [6, 6.07) is 18.4. The highest BCUT2D eigenvalue weighted by Gasteiger charge is 2.38. The van der Waals surface area contributed by atoms with Gasteiger partial charge in [0, 0.05) is 25.7 Å². The first-order valence-electron chi connectivity index (χ1n) is 40.0. The van der Waals surface area contributed by atoms with Crippen LogP contribution in [0.4, 0.5) is 0 Å². The molecule has 0 aliphatic carbocycles. The Hall–Kier alpha value is -8.78. The lowest BCUT2D eigenvalue weighted by Crippen LogP contribution is -2.58. The van der Waals surface area contributed by atoms with Crippen molar-refractivity contribution in [1.29, 1.82) is 0 Å². The third kappa shape index (κ3) is 37.9. The van der Waals surface area contributed by atoms with Gasteiger partial charge in [0.25, 0.3) is 0 Å². The summed E-state index contributed by atoms with van der Waals surface area (Å²) in [4.78, 5) is 158. The molecule has 3 rings (SSSR count). The standard InChI is InChI=1S/C46H71N5O8.C39H65N5O8/c1-11-32(10)42(45(57)51-41(31(8)9)46(58)59-27-34-20-16-13-17-21-34)49-38(53)23-22-37(52)35(26-33-18-14-12-15-19-33)48-44(56)40(30(6)7)50-43(55)36(24-28(2)3)47-39(54)25-29(4)5;1-11-26(10)35(38(50)44-34(25(8)9)39(51)52)42-31(46)18-17-30(45)28(21-27-15-13-12-14-16-27)41-37(49)33(24(6)7)43-36(48)29(19-22(2)3)40-32(47)20-23(4)5/h12-21,28-32,35-37,40-42,52H,11,22-27H2,1-10H3,(H,47,54)(H,48,56)(H,49,53)(H,50,55)(H,51,57);12-16,22-26,28-30,33-35,45H,11,17-21H2,1-10H3,(H,40,47)(H,41,49)(H,42,46)(H,43,48)(H,44,50)(H,51,52)/t32-,35-,36-,37-,40-,41-,42-;26-,28-,29-,30-,33-,34-,35-/m00/s1. The molecule has 14 atom stereocenters. The molecule has 0 aromatic heterocycles. The van der Waals surface area contributed by atoms with E-state index in [1.165, 1.54) is 0 Å². The number of hydrogen-bond donors (Lipinski definition) is 13. The minimum Gasteiger partial charge on any atom is -0.480 e. The van der Waals surface area contributed by atoms with Crippen LogP contribution in [0.5, 0.6) is 0 Å². The van der Waals surface area contributed by atoms with Crippen molar-refractivity contribution < 1.29 is 77.6 Å². The fraction of sp³-hybridized carbons (Fsp3) is 0.647. The van der Waals surface area contributed by atoms with Crippen LogP contribution in [0.15, 0.2) is 91.0 Å². The zero-order valence-electron chi connectivity index (χ0n) is 69.7. The molecule has 0 saturated carbocycles. The second kappa shape index (κ2) is 51.0. The van der Waals surface area contributed by atoms with E-state index in [1.54, 1.807) is 62.3 Å². The largest absolute Gasteiger partial charge is 0.480 e. The molecule has 0 unspecified atom stereocenters. The molecule has 0 aliphatic rings. The van der Waals surface area contributed by atoms with Crippen LogP contribution in [0, 0.1) is 59.2 Å². The molecule has 26 heteroatoms. The highest BCUT2D eigenvalue weighted by atomic mass is 16.5. The number of hydrogen-bond acceptors (Lipinski definition) is 15. The number of carboxylic acid groups (broad SMARTS) is 1. The first-order valence-corrected chi connectivity index (χ1v) is 40.0. The Labute approximate surface area is 660 Å². The molecule has 0 fully saturated rings. The van der Waals surface area contributed by atoms with Crippen molar-refractivity contribution in [3.8, 4) is 0 Å². The van der Waals surface area contributed by atoms with Crippen molar-refractivity contribution in [3.63, 3.8) is 0 Å². The summed E-state index contributed by atoms with van der Waals surface area (Å²) in [5.74, 6) is -7.82. The predicted octanol–water partition coefficient (Wildman–Crippen LogP) is 8.32. The van der Waals surface area contributed by atoms with Gasteiger partial charge in [0.15, 0.2) is 0 Å². The van der Waals surface area contributed by atoms with E-state index in [9.17, 15) is 72.9 Å². The molecule has 3 aromatic carbocycles. The van der Waals surface area contributed by atoms with Crippen LogP contribution in [0.25, 0.3) is 0 Å². The smallest absolute Gasteiger partial charge is 0.329 e. The summed E-state index contributed by atoms with van der Waals surface area (Å²) in [7, 11) is 0. The van der Waals surface area contributed by atoms with E-state index in [4.69, 9.17) is 4.74 Å². The molecular formula is C85H136N10O16. The number of carboxylic acids is 1. The van der Waals surface area contributed by atoms with Crippen molar-refractivity contribution in [3.05, 3.63) is 108 Å². The summed E-state index contributed by atoms with van der Waals surface area (Å²) in [6.45, 7) is 37.0. The molecule has 0 radical (unpaired) electrons. The number of aliphatic hydroxyl groups is 2. The maximum absolute atomic E-state index is 13.9. The fourth-order valence-corrected chi connectivity index (χ4v) is 12.3. The van der Waals surface area contributed by atoms with Gasteiger partial charge in [0.05, 0.1) is 24.3 Å². The summed E-state index contributed by atoms with van der Waals surface area (Å²) in [6.07, 6.45) is 0.0841. The van der Waals surface area contributed by atoms with E-state index >= 15 is 0 Å². The zero-order valence-corrected chi connectivity index (χ0v) is 69.7. The number of benzene rings is 3. The Kier molecular flexibility index (Phi) is 45.1. The quantitative estimate of drug-likeness (QED) is 0.0236. The van der Waals surface area contributed by atoms with Gasteiger partial charge >= 0.3 is 11.9 Å². The van der Waals surface area contributed by atoms with Crippen LogP contribution >= 0.6 is 0 Å². The molecule has 26 nitrogen and oxygen atoms in total. The molecule has 111 heavy (non-hydrogen) atoms. The first-order chi connectivity index (χ1) is 52.1. The summed E-state index contributed by atoms with van der Waals surface area (Å²) in [5, 5.41) is 60.5. The SMILES string of the molecule is CC[C@H](C)[C@H](NC(=O)CC[C@H](O)[C@H](Cc1ccccc1)NC(=O)[C@@H](NC(=O)[C@H](CC(C)C)NC(=O)CC(C)C)C(C)C)C(=O)N[C@H](C(=O)O)C(C)C.CC[C@H](C)[C@H](NC(=O)CC[C@H](O)[C@H](Cc1ccccc1)NC(=O)[C@@H](NC(=O)[C@H](CC(C)C)NC(=O)CC(C)C)C(C)C)C(=O)N[C@H](C(=O)OCc1ccccc1)C(C)C. The van der Waals surface area contributed by atoms with Gasteiger partial charge in [0.2, 0.25) is 59.1 Å². The molecule has 622 valence electrons. The molecule has 0 bridgehead atoms. The molecule has 0 heterocycles. The monoisotopic (exact) mass is 1550 g/mol. The Morgan fingerprint density at radius 3 is 0.946 bits per heavy atom. The highest BCUT2D eigenvalue weighted by molar-refractivity contribution is 5.95. The van der Waals surface area contributed by atoms with Crippen molar-refractivity contribution in [2.45, 2.75) is 295 Å². The summed E-state index contributed by atoms with van der Waals surface area (Å²) < 4.78 is 5.52. The number of carbonyl (C=O) groups excluding carboxylic acids is 11. The third-order valence-electron chi connectivity index (χ3n) is 19.2. The molecular weight excluding hydrogens is 1420 g/mol. The second-order valence-corrected chi connectivity index (χ2v) is 32.7. The van der Waals surface area contributed by atoms with E-state index in [0.717, 1.165) is 16.7 Å². The Balaban J connectivity index is 0.000000760. The molecule has 3 aromatic rings. The van der Waals surface area contributed by atoms with E-state index < -0.39 is 132 Å². The fourth-order valence-electron chi connectivity index (χ4n) is 12.3. The van der Waals surface area contributed by atoms with Gasteiger partial charge in [-0.15, -0.1) is 0 Å². The van der Waals surface area contributed by atoms with Crippen LogP contribution in [0.3, 0.4) is 0 Å². The van der Waals surface area contributed by atoms with E-state index in [-0.39, 0.29) is 129 Å². The van der Waals surface area contributed by atoms with Crippen LogP contribution in [0.2, 0.25) is 0 Å². The van der Waals surface area contributed by atoms with Crippen molar-refractivity contribution >= 4 is 71.0 Å². The first kappa shape index (κ1) is 98.3. The summed E-state index contributed by atoms with van der Waals surface area (Å²) in [5.41, 5.74) is 2.48. The molecule has 0 saturated heterocycles. The van der Waals surface area contributed by atoms with E-state index in [2.05, 4.69) is 53.2 Å². The average molecular weight is 1550 g/mol. The van der Waals surface area contributed by atoms with Gasteiger partial charge < -0.3 is 73.2 Å². The lowest BCUT2D eigenvalue weighted by molar-refractivity contribution is -0.151. The lowest BCUT2D eigenvalue weighted by atomic mass is 9.95. The minimum absolute atomic E-state index is 0.0457. The van der Waals surface area contributed by atoms with Crippen LogP contribution in [0.1, 0.15) is 219 Å². The van der Waals surface area contributed by atoms with Crippen LogP contribution in [-0.2, 0) is 81.7 Å². The van der Waals surface area contributed by atoms with E-state index in [0.29, 0.717) is 25.7 Å². The highest BCUT2D eigenvalue weighted by Crippen LogP contribution is 2.20. The number of carbonyl (C=O) groups is 12. The Morgan fingerprint density at radius 2 is 0.649 bits per heavy atom. The van der Waals surface area contributed by atoms with E-state index in [1.807, 2.05) is 167 Å². The van der Waals surface area contributed by atoms with Crippen molar-refractivity contribution in [2.75, 3.05) is 0 Å². The number of esters is 1. The van der Waals surface area contributed by atoms with Crippen molar-refractivity contribution in [2.24, 2.45) is 59.2 Å². The Bertz CT molecular complexity index is 3350. The number of rotatable bonds is 48. The van der Waals surface area contributed by atoms with Gasteiger partial charge in [-0.1, -0.05) is 242 Å². The Morgan fingerprint density at radius 1 is 0.342 bits per heavy atom. The zero-order chi connectivity index (χ0) is 83.9. The van der Waals surface area contributed by atoms with Crippen LogP contribution < -0.4 is 53.2 Å². The lowest BCUT2D eigenvalue weighted by Gasteiger charge is -2.30. The van der Waals surface area contributed by atoms with Gasteiger partial charge in [-0.25, -0.2) is 9.59 Å². The maximum atomic E-state index is 13.9. The molecule has 0 aliphatic heterocycles. The second-order valence-electron chi connectivity index (χ2n) is 32.7. The van der Waals surface area contributed by atoms with Gasteiger partial charge in [0.1, 0.15) is 54.9 Å². The number of aliphatic carboxylic acids is 1. The normalized spacial score (nSPS) is 15.3. The van der Waals surface area contributed by atoms with Crippen molar-refractivity contribution in [1.82, 2.24) is 53.2 Å². The predicted molar refractivity (Wildman–Crippen MR) is 430 cm³/mol. The number of ether oxygens (including phenoxy) is 1. The molecule has 10 amide bonds. The number of amides is 10. The number of aliphatic hydroxyl groups excluding tert-OH is 2. The summed E-state index contributed by atoms with van der Waals surface area (Å²) >= 11 is 0. The van der Waals surface area contributed by atoms with Gasteiger partial charge in [-0.3, -0.25) is 47.9 Å². The molecule has 13 N–H and O–H groups in total. The number of nitrogens with one attached hydrogen (secondary N) is 10. The topological polar surface area (TPSA) is 395 Å². The van der Waals surface area contributed by atoms with Gasteiger partial charge in [-0.2, -0.15) is 0 Å². The third-order valence-corrected chi connectivity index (χ3v) is 19.2. The maximum Gasteiger partial charge on any atom is 0.329 e. The molecule has 0 spiro atoms.